The normalized spacial score (nSPS) is 17.4. The summed E-state index contributed by atoms with van der Waals surface area (Å²) in [6.45, 7) is 2.56. The Morgan fingerprint density at radius 1 is 1.03 bits per heavy atom. The standard InChI is InChI=1S/C27H26FN5O/c1-18-30-31-26-29-25(24-21(28)10-6-12-23(24)33(18)26)32-17-7-9-20-19(8-5-11-22(20)32)13-16-27(34)14-3-2-4-15-27/h5-6,8,10-12,34H,2-4,7,9,14-15,17H2,1H3. The molecule has 4 aromatic rings. The lowest BCUT2D eigenvalue weighted by Gasteiger charge is -2.32. The summed E-state index contributed by atoms with van der Waals surface area (Å²) < 4.78 is 17.0. The van der Waals surface area contributed by atoms with E-state index in [1.807, 2.05) is 31.2 Å². The molecule has 0 spiro atoms. The first-order valence-corrected chi connectivity index (χ1v) is 12.0. The van der Waals surface area contributed by atoms with Crippen molar-refractivity contribution in [2.24, 2.45) is 0 Å². The number of aliphatic hydroxyl groups is 1. The van der Waals surface area contributed by atoms with Crippen molar-refractivity contribution >= 4 is 28.2 Å². The van der Waals surface area contributed by atoms with Gasteiger partial charge in [-0.3, -0.25) is 4.40 Å². The Morgan fingerprint density at radius 3 is 2.71 bits per heavy atom. The van der Waals surface area contributed by atoms with Gasteiger partial charge in [-0.1, -0.05) is 30.4 Å². The number of benzene rings is 2. The molecule has 172 valence electrons. The van der Waals surface area contributed by atoms with Gasteiger partial charge in [-0.2, -0.15) is 4.98 Å². The van der Waals surface area contributed by atoms with Crippen molar-refractivity contribution in [2.75, 3.05) is 11.4 Å². The first kappa shape index (κ1) is 21.1. The van der Waals surface area contributed by atoms with E-state index in [4.69, 9.17) is 4.98 Å². The van der Waals surface area contributed by atoms with Crippen LogP contribution < -0.4 is 4.90 Å². The zero-order valence-electron chi connectivity index (χ0n) is 19.2. The summed E-state index contributed by atoms with van der Waals surface area (Å²) in [5, 5.41) is 19.7. The quantitative estimate of drug-likeness (QED) is 0.416. The number of anilines is 2. The number of hydrogen-bond acceptors (Lipinski definition) is 5. The monoisotopic (exact) mass is 455 g/mol. The van der Waals surface area contributed by atoms with Gasteiger partial charge in [0.05, 0.1) is 10.9 Å². The van der Waals surface area contributed by atoms with E-state index in [9.17, 15) is 5.11 Å². The topological polar surface area (TPSA) is 66.5 Å². The Hall–Kier alpha value is -3.50. The molecule has 6 nitrogen and oxygen atoms in total. The van der Waals surface area contributed by atoms with E-state index in [-0.39, 0.29) is 5.82 Å². The van der Waals surface area contributed by atoms with Crippen molar-refractivity contribution in [1.29, 1.82) is 0 Å². The summed E-state index contributed by atoms with van der Waals surface area (Å²) in [7, 11) is 0. The van der Waals surface area contributed by atoms with Crippen LogP contribution in [0, 0.1) is 24.6 Å². The fourth-order valence-corrected chi connectivity index (χ4v) is 5.38. The van der Waals surface area contributed by atoms with Crippen molar-refractivity contribution < 1.29 is 9.50 Å². The molecule has 2 aromatic heterocycles. The first-order chi connectivity index (χ1) is 16.5. The first-order valence-electron chi connectivity index (χ1n) is 12.0. The molecule has 1 aliphatic heterocycles. The molecular weight excluding hydrogens is 429 g/mol. The smallest absolute Gasteiger partial charge is 0.257 e. The Balaban J connectivity index is 1.50. The second-order valence-electron chi connectivity index (χ2n) is 9.35. The maximum atomic E-state index is 15.2. The fourth-order valence-electron chi connectivity index (χ4n) is 5.38. The van der Waals surface area contributed by atoms with E-state index >= 15 is 4.39 Å². The molecule has 1 fully saturated rings. The van der Waals surface area contributed by atoms with Crippen LogP contribution in [0.15, 0.2) is 36.4 Å². The van der Waals surface area contributed by atoms with Gasteiger partial charge in [0.15, 0.2) is 0 Å². The summed E-state index contributed by atoms with van der Waals surface area (Å²) in [5.74, 6) is 7.81. The minimum absolute atomic E-state index is 0.322. The molecule has 34 heavy (non-hydrogen) atoms. The van der Waals surface area contributed by atoms with Crippen LogP contribution in [0.1, 0.15) is 55.5 Å². The molecule has 2 aromatic carbocycles. The van der Waals surface area contributed by atoms with Crippen LogP contribution >= 0.6 is 0 Å². The van der Waals surface area contributed by atoms with Crippen LogP contribution in [0.5, 0.6) is 0 Å². The van der Waals surface area contributed by atoms with Crippen LogP contribution in [-0.4, -0.2) is 36.8 Å². The molecule has 3 heterocycles. The van der Waals surface area contributed by atoms with Gasteiger partial charge >= 0.3 is 0 Å². The second kappa shape index (κ2) is 8.07. The highest BCUT2D eigenvalue weighted by molar-refractivity contribution is 5.94. The van der Waals surface area contributed by atoms with E-state index in [1.165, 1.54) is 6.07 Å². The number of nitrogens with zero attached hydrogens (tertiary/aromatic N) is 5. The Kier molecular flexibility index (Phi) is 5.00. The molecule has 6 rings (SSSR count). The molecule has 0 bridgehead atoms. The molecule has 0 unspecified atom stereocenters. The lowest BCUT2D eigenvalue weighted by Crippen LogP contribution is -2.29. The Bertz CT molecular complexity index is 1480. The largest absolute Gasteiger partial charge is 0.378 e. The van der Waals surface area contributed by atoms with Crippen LogP contribution in [0.25, 0.3) is 16.7 Å². The lowest BCUT2D eigenvalue weighted by molar-refractivity contribution is 0.0610. The zero-order chi connectivity index (χ0) is 23.3. The molecule has 1 aliphatic carbocycles. The summed E-state index contributed by atoms with van der Waals surface area (Å²) in [6, 6.07) is 11.1. The van der Waals surface area contributed by atoms with Crippen LogP contribution in [0.4, 0.5) is 15.9 Å². The second-order valence-corrected chi connectivity index (χ2v) is 9.35. The zero-order valence-corrected chi connectivity index (χ0v) is 19.2. The molecule has 0 saturated heterocycles. The average Bonchev–Trinajstić information content (AvgIpc) is 3.23. The number of hydrogen-bond donors (Lipinski definition) is 1. The van der Waals surface area contributed by atoms with E-state index in [0.717, 1.165) is 61.8 Å². The Morgan fingerprint density at radius 2 is 1.85 bits per heavy atom. The Labute approximate surface area is 197 Å². The molecule has 1 saturated carbocycles. The minimum Gasteiger partial charge on any atom is -0.378 e. The van der Waals surface area contributed by atoms with Crippen molar-refractivity contribution in [2.45, 2.75) is 57.5 Å². The van der Waals surface area contributed by atoms with Gasteiger partial charge in [-0.25, -0.2) is 4.39 Å². The van der Waals surface area contributed by atoms with Crippen LogP contribution in [0.3, 0.4) is 0 Å². The van der Waals surface area contributed by atoms with Crippen LogP contribution in [-0.2, 0) is 6.42 Å². The average molecular weight is 456 g/mol. The van der Waals surface area contributed by atoms with E-state index in [0.29, 0.717) is 34.9 Å². The van der Waals surface area contributed by atoms with Crippen molar-refractivity contribution in [3.63, 3.8) is 0 Å². The predicted octanol–water partition coefficient (Wildman–Crippen LogP) is 4.86. The number of halogens is 1. The third kappa shape index (κ3) is 3.41. The highest BCUT2D eigenvalue weighted by Crippen LogP contribution is 2.39. The van der Waals surface area contributed by atoms with Crippen molar-refractivity contribution in [1.82, 2.24) is 19.6 Å². The lowest BCUT2D eigenvalue weighted by atomic mass is 9.85. The number of aryl methyl sites for hydroxylation is 1. The molecule has 2 aliphatic rings. The summed E-state index contributed by atoms with van der Waals surface area (Å²) >= 11 is 0. The fraction of sp³-hybridized carbons (Fsp3) is 0.370. The van der Waals surface area contributed by atoms with Gasteiger partial charge in [0, 0.05) is 17.8 Å². The number of fused-ring (bicyclic) bond motifs is 4. The van der Waals surface area contributed by atoms with Crippen LogP contribution in [0.2, 0.25) is 0 Å². The maximum absolute atomic E-state index is 15.2. The summed E-state index contributed by atoms with van der Waals surface area (Å²) in [5.41, 5.74) is 2.82. The van der Waals surface area contributed by atoms with E-state index < -0.39 is 5.60 Å². The molecular formula is C27H26FN5O. The number of rotatable bonds is 1. The highest BCUT2D eigenvalue weighted by atomic mass is 19.1. The highest BCUT2D eigenvalue weighted by Gasteiger charge is 2.28. The molecule has 7 heteroatoms. The van der Waals surface area contributed by atoms with Gasteiger partial charge in [-0.05, 0) is 75.3 Å². The minimum atomic E-state index is -0.896. The molecule has 0 atom stereocenters. The third-order valence-corrected chi connectivity index (χ3v) is 7.09. The molecule has 0 radical (unpaired) electrons. The van der Waals surface area contributed by atoms with Crippen molar-refractivity contribution in [3.8, 4) is 11.8 Å². The number of aromatic nitrogens is 4. The third-order valence-electron chi connectivity index (χ3n) is 7.09. The van der Waals surface area contributed by atoms with Gasteiger partial charge in [-0.15, -0.1) is 10.2 Å². The summed E-state index contributed by atoms with van der Waals surface area (Å²) in [4.78, 5) is 6.85. The predicted molar refractivity (Wildman–Crippen MR) is 130 cm³/mol. The van der Waals surface area contributed by atoms with Crippen molar-refractivity contribution in [3.05, 3.63) is 59.2 Å². The van der Waals surface area contributed by atoms with Gasteiger partial charge in [0.1, 0.15) is 23.1 Å². The van der Waals surface area contributed by atoms with Gasteiger partial charge in [0.2, 0.25) is 0 Å². The SMILES string of the molecule is Cc1nnc2nc(N3CCCc4c(C#CC5(O)CCCCC5)cccc43)c3c(F)cccc3n12. The van der Waals surface area contributed by atoms with E-state index in [1.54, 1.807) is 10.5 Å². The van der Waals surface area contributed by atoms with E-state index in [2.05, 4.69) is 26.9 Å². The summed E-state index contributed by atoms with van der Waals surface area (Å²) in [6.07, 6.45) is 6.42. The molecule has 1 N–H and O–H groups in total. The molecule has 0 amide bonds. The maximum Gasteiger partial charge on any atom is 0.257 e. The van der Waals surface area contributed by atoms with Gasteiger partial charge in [0.25, 0.3) is 5.78 Å². The van der Waals surface area contributed by atoms with Gasteiger partial charge < -0.3 is 10.0 Å².